The molecule has 1 aliphatic rings. The SMILES string of the molecule is CC(C)[C@H](NC1(Cc2ccccc2)CCCCO1)C(=O)N[C@H](C=O)CC(=O)O. The van der Waals surface area contributed by atoms with E-state index < -0.39 is 36.1 Å². The van der Waals surface area contributed by atoms with E-state index in [0.29, 0.717) is 19.3 Å². The van der Waals surface area contributed by atoms with Gasteiger partial charge in [-0.05, 0) is 30.7 Å². The molecule has 0 aromatic heterocycles. The van der Waals surface area contributed by atoms with Gasteiger partial charge in [0.05, 0.1) is 18.5 Å². The number of carbonyl (C=O) groups is 3. The minimum absolute atomic E-state index is 0.0738. The van der Waals surface area contributed by atoms with Crippen LogP contribution in [0, 0.1) is 5.92 Å². The van der Waals surface area contributed by atoms with Gasteiger partial charge in [0.2, 0.25) is 5.91 Å². The smallest absolute Gasteiger partial charge is 0.305 e. The first kappa shape index (κ1) is 22.0. The maximum absolute atomic E-state index is 12.8. The average molecular weight is 390 g/mol. The molecule has 28 heavy (non-hydrogen) atoms. The Labute approximate surface area is 165 Å². The molecule has 0 radical (unpaired) electrons. The zero-order chi connectivity index (χ0) is 20.6. The fraction of sp³-hybridized carbons (Fsp3) is 0.571. The Kier molecular flexibility index (Phi) is 8.14. The average Bonchev–Trinajstić information content (AvgIpc) is 2.66. The topological polar surface area (TPSA) is 105 Å². The van der Waals surface area contributed by atoms with Crippen LogP contribution in [0.4, 0.5) is 0 Å². The molecule has 1 heterocycles. The predicted octanol–water partition coefficient (Wildman–Crippen LogP) is 1.90. The van der Waals surface area contributed by atoms with Crippen molar-refractivity contribution in [3.05, 3.63) is 35.9 Å². The monoisotopic (exact) mass is 390 g/mol. The van der Waals surface area contributed by atoms with E-state index in [2.05, 4.69) is 10.6 Å². The summed E-state index contributed by atoms with van der Waals surface area (Å²) < 4.78 is 6.14. The van der Waals surface area contributed by atoms with Crippen molar-refractivity contribution in [2.24, 2.45) is 5.92 Å². The summed E-state index contributed by atoms with van der Waals surface area (Å²) in [6.07, 6.45) is 3.37. The molecule has 1 unspecified atom stereocenters. The van der Waals surface area contributed by atoms with Gasteiger partial charge in [-0.1, -0.05) is 44.2 Å². The molecule has 1 saturated heterocycles. The normalized spacial score (nSPS) is 21.7. The summed E-state index contributed by atoms with van der Waals surface area (Å²) in [4.78, 5) is 34.8. The van der Waals surface area contributed by atoms with Crippen LogP contribution in [0.1, 0.15) is 45.1 Å². The van der Waals surface area contributed by atoms with Gasteiger partial charge in [-0.15, -0.1) is 0 Å². The highest BCUT2D eigenvalue weighted by molar-refractivity contribution is 5.86. The van der Waals surface area contributed by atoms with Gasteiger partial charge in [-0.2, -0.15) is 0 Å². The predicted molar refractivity (Wildman–Crippen MR) is 105 cm³/mol. The van der Waals surface area contributed by atoms with Crippen LogP contribution in [0.15, 0.2) is 30.3 Å². The molecular weight excluding hydrogens is 360 g/mol. The van der Waals surface area contributed by atoms with Crippen molar-refractivity contribution in [2.75, 3.05) is 6.61 Å². The Hall–Kier alpha value is -2.25. The van der Waals surface area contributed by atoms with E-state index >= 15 is 0 Å². The van der Waals surface area contributed by atoms with E-state index in [4.69, 9.17) is 9.84 Å². The molecule has 1 aromatic carbocycles. The minimum Gasteiger partial charge on any atom is -0.481 e. The third kappa shape index (κ3) is 6.42. The lowest BCUT2D eigenvalue weighted by Crippen LogP contribution is -2.61. The summed E-state index contributed by atoms with van der Waals surface area (Å²) in [7, 11) is 0. The summed E-state index contributed by atoms with van der Waals surface area (Å²) in [5.74, 6) is -1.60. The first-order chi connectivity index (χ1) is 13.3. The van der Waals surface area contributed by atoms with Crippen molar-refractivity contribution < 1.29 is 24.2 Å². The van der Waals surface area contributed by atoms with Crippen LogP contribution >= 0.6 is 0 Å². The summed E-state index contributed by atoms with van der Waals surface area (Å²) in [6, 6.07) is 8.29. The summed E-state index contributed by atoms with van der Waals surface area (Å²) in [6.45, 7) is 4.43. The molecule has 1 amide bonds. The van der Waals surface area contributed by atoms with E-state index in [1.165, 1.54) is 0 Å². The molecular formula is C21H30N2O5. The highest BCUT2D eigenvalue weighted by atomic mass is 16.5. The van der Waals surface area contributed by atoms with Crippen LogP contribution in [0.25, 0.3) is 0 Å². The van der Waals surface area contributed by atoms with Crippen LogP contribution in [0.5, 0.6) is 0 Å². The fourth-order valence-electron chi connectivity index (χ4n) is 3.49. The standard InChI is InChI=1S/C21H30N2O5/c1-15(2)19(20(27)22-17(14-24)12-18(25)26)23-21(10-6-7-11-28-21)13-16-8-4-3-5-9-16/h3-5,8-9,14-15,17,19,23H,6-7,10-13H2,1-2H3,(H,22,27)(H,25,26)/t17-,19-,21?/m0/s1. The highest BCUT2D eigenvalue weighted by Crippen LogP contribution is 2.28. The molecule has 0 spiro atoms. The largest absolute Gasteiger partial charge is 0.481 e. The summed E-state index contributed by atoms with van der Waals surface area (Å²) >= 11 is 0. The molecule has 154 valence electrons. The van der Waals surface area contributed by atoms with Gasteiger partial charge in [0.15, 0.2) is 0 Å². The Bertz CT molecular complexity index is 656. The van der Waals surface area contributed by atoms with Crippen molar-refractivity contribution in [3.63, 3.8) is 0 Å². The van der Waals surface area contributed by atoms with Crippen LogP contribution < -0.4 is 10.6 Å². The van der Waals surface area contributed by atoms with Gasteiger partial charge in [0.1, 0.15) is 12.0 Å². The first-order valence-corrected chi connectivity index (χ1v) is 9.78. The van der Waals surface area contributed by atoms with Gasteiger partial charge in [0.25, 0.3) is 0 Å². The van der Waals surface area contributed by atoms with Crippen molar-refractivity contribution in [2.45, 2.75) is 63.8 Å². The first-order valence-electron chi connectivity index (χ1n) is 9.78. The van der Waals surface area contributed by atoms with Crippen molar-refractivity contribution in [3.8, 4) is 0 Å². The maximum Gasteiger partial charge on any atom is 0.305 e. The molecule has 0 aliphatic carbocycles. The number of hydrogen-bond acceptors (Lipinski definition) is 5. The quantitative estimate of drug-likeness (QED) is 0.527. The van der Waals surface area contributed by atoms with Gasteiger partial charge in [0, 0.05) is 13.0 Å². The lowest BCUT2D eigenvalue weighted by molar-refractivity contribution is -0.140. The molecule has 1 aliphatic heterocycles. The van der Waals surface area contributed by atoms with E-state index in [0.717, 1.165) is 24.8 Å². The van der Waals surface area contributed by atoms with Crippen LogP contribution in [-0.2, 0) is 25.5 Å². The molecule has 2 rings (SSSR count). The van der Waals surface area contributed by atoms with Crippen LogP contribution in [0.2, 0.25) is 0 Å². The molecule has 3 atom stereocenters. The van der Waals surface area contributed by atoms with Gasteiger partial charge < -0.3 is 20.0 Å². The number of carboxylic acid groups (broad SMARTS) is 1. The second kappa shape index (κ2) is 10.3. The van der Waals surface area contributed by atoms with Crippen LogP contribution in [0.3, 0.4) is 0 Å². The highest BCUT2D eigenvalue weighted by Gasteiger charge is 2.38. The summed E-state index contributed by atoms with van der Waals surface area (Å²) in [5.41, 5.74) is 0.437. The molecule has 3 N–H and O–H groups in total. The number of rotatable bonds is 10. The Morgan fingerprint density at radius 1 is 1.25 bits per heavy atom. The van der Waals surface area contributed by atoms with Gasteiger partial charge in [-0.25, -0.2) is 0 Å². The fourth-order valence-corrected chi connectivity index (χ4v) is 3.49. The number of aliphatic carboxylic acids is 1. The Morgan fingerprint density at radius 3 is 2.50 bits per heavy atom. The number of benzene rings is 1. The van der Waals surface area contributed by atoms with Crippen molar-refractivity contribution in [1.82, 2.24) is 10.6 Å². The minimum atomic E-state index is -1.14. The Balaban J connectivity index is 2.16. The number of hydrogen-bond donors (Lipinski definition) is 3. The van der Waals surface area contributed by atoms with Crippen molar-refractivity contribution >= 4 is 18.2 Å². The number of amides is 1. The number of aldehydes is 1. The lowest BCUT2D eigenvalue weighted by Gasteiger charge is -2.42. The molecule has 0 bridgehead atoms. The van der Waals surface area contributed by atoms with Gasteiger partial charge >= 0.3 is 5.97 Å². The third-order valence-corrected chi connectivity index (χ3v) is 4.94. The van der Waals surface area contributed by atoms with E-state index in [9.17, 15) is 14.4 Å². The molecule has 7 heteroatoms. The number of nitrogens with one attached hydrogen (secondary N) is 2. The zero-order valence-corrected chi connectivity index (χ0v) is 16.5. The molecule has 1 fully saturated rings. The number of carboxylic acids is 1. The van der Waals surface area contributed by atoms with E-state index in [1.54, 1.807) is 0 Å². The van der Waals surface area contributed by atoms with E-state index in [1.807, 2.05) is 44.2 Å². The zero-order valence-electron chi connectivity index (χ0n) is 16.5. The Morgan fingerprint density at radius 2 is 1.96 bits per heavy atom. The second-order valence-corrected chi connectivity index (χ2v) is 7.68. The number of ether oxygens (including phenoxy) is 1. The summed E-state index contributed by atoms with van der Waals surface area (Å²) in [5, 5.41) is 14.8. The van der Waals surface area contributed by atoms with Gasteiger partial charge in [-0.3, -0.25) is 14.9 Å². The molecule has 0 saturated carbocycles. The molecule has 7 nitrogen and oxygen atoms in total. The van der Waals surface area contributed by atoms with Crippen LogP contribution in [-0.4, -0.2) is 47.7 Å². The van der Waals surface area contributed by atoms with E-state index in [-0.39, 0.29) is 5.92 Å². The second-order valence-electron chi connectivity index (χ2n) is 7.68. The third-order valence-electron chi connectivity index (χ3n) is 4.94. The lowest BCUT2D eigenvalue weighted by atomic mass is 9.91. The molecule has 1 aromatic rings. The maximum atomic E-state index is 12.8. The number of carbonyl (C=O) groups excluding carboxylic acids is 2. The van der Waals surface area contributed by atoms with Crippen molar-refractivity contribution in [1.29, 1.82) is 0 Å².